The number of rotatable bonds is 6. The highest BCUT2D eigenvalue weighted by Gasteiger charge is 2.34. The fraction of sp³-hybridized carbons (Fsp3) is 0.250. The van der Waals surface area contributed by atoms with Crippen LogP contribution in [0.4, 0.5) is 18.9 Å². The van der Waals surface area contributed by atoms with Crippen molar-refractivity contribution in [2.75, 3.05) is 11.1 Å². The van der Waals surface area contributed by atoms with Crippen molar-refractivity contribution in [3.63, 3.8) is 0 Å². The van der Waals surface area contributed by atoms with Gasteiger partial charge in [0.25, 0.3) is 0 Å². The molecule has 1 N–H and O–H groups in total. The normalized spacial score (nSPS) is 14.0. The van der Waals surface area contributed by atoms with Crippen LogP contribution in [0.1, 0.15) is 30.1 Å². The number of para-hydroxylation sites is 2. The highest BCUT2D eigenvalue weighted by Crippen LogP contribution is 2.41. The number of carbonyl (C=O) groups is 1. The molecule has 1 saturated carbocycles. The van der Waals surface area contributed by atoms with Crippen molar-refractivity contribution in [2.24, 2.45) is 0 Å². The van der Waals surface area contributed by atoms with E-state index in [0.717, 1.165) is 42.2 Å². The lowest BCUT2D eigenvalue weighted by Crippen LogP contribution is -2.18. The highest BCUT2D eigenvalue weighted by atomic mass is 32.2. The number of nitrogens with zero attached hydrogens (tertiary/aromatic N) is 3. The molecule has 1 aromatic heterocycles. The molecule has 1 heterocycles. The molecule has 4 rings (SSSR count). The molecule has 0 saturated heterocycles. The third kappa shape index (κ3) is 4.45. The van der Waals surface area contributed by atoms with Gasteiger partial charge < -0.3 is 5.32 Å². The molecule has 2 aromatic carbocycles. The molecule has 150 valence electrons. The van der Waals surface area contributed by atoms with Gasteiger partial charge in [-0.1, -0.05) is 42.1 Å². The maximum absolute atomic E-state index is 13.1. The van der Waals surface area contributed by atoms with Crippen LogP contribution in [0, 0.1) is 0 Å². The number of alkyl halides is 3. The molecular weight excluding hydrogens is 401 g/mol. The summed E-state index contributed by atoms with van der Waals surface area (Å²) >= 11 is 1.14. The monoisotopic (exact) mass is 418 g/mol. The first-order valence-electron chi connectivity index (χ1n) is 9.03. The van der Waals surface area contributed by atoms with Crippen LogP contribution in [0.2, 0.25) is 0 Å². The Morgan fingerprint density at radius 2 is 1.76 bits per heavy atom. The Morgan fingerprint density at radius 1 is 1.07 bits per heavy atom. The summed E-state index contributed by atoms with van der Waals surface area (Å²) in [5.41, 5.74) is -0.236. The van der Waals surface area contributed by atoms with E-state index in [1.165, 1.54) is 18.2 Å². The quantitative estimate of drug-likeness (QED) is 0.579. The second-order valence-corrected chi connectivity index (χ2v) is 7.61. The van der Waals surface area contributed by atoms with Crippen molar-refractivity contribution in [3.8, 4) is 5.69 Å². The highest BCUT2D eigenvalue weighted by molar-refractivity contribution is 7.99. The van der Waals surface area contributed by atoms with Crippen LogP contribution in [0.15, 0.2) is 59.8 Å². The van der Waals surface area contributed by atoms with Gasteiger partial charge in [0.2, 0.25) is 5.91 Å². The van der Waals surface area contributed by atoms with Gasteiger partial charge in [-0.15, -0.1) is 10.2 Å². The van der Waals surface area contributed by atoms with Crippen molar-refractivity contribution in [2.45, 2.75) is 30.1 Å². The molecule has 1 aliphatic carbocycles. The number of anilines is 1. The number of halogens is 3. The smallest absolute Gasteiger partial charge is 0.325 e. The predicted octanol–water partition coefficient (Wildman–Crippen LogP) is 4.89. The molecule has 0 radical (unpaired) electrons. The number of aromatic nitrogens is 3. The zero-order chi connectivity index (χ0) is 20.4. The minimum Gasteiger partial charge on any atom is -0.325 e. The maximum Gasteiger partial charge on any atom is 0.418 e. The summed E-state index contributed by atoms with van der Waals surface area (Å²) in [6.07, 6.45) is -2.45. The summed E-state index contributed by atoms with van der Waals surface area (Å²) < 4.78 is 41.2. The molecule has 0 aliphatic heterocycles. The zero-order valence-electron chi connectivity index (χ0n) is 15.2. The van der Waals surface area contributed by atoms with Gasteiger partial charge in [0.05, 0.1) is 17.0 Å². The van der Waals surface area contributed by atoms with Crippen molar-refractivity contribution in [1.82, 2.24) is 14.8 Å². The van der Waals surface area contributed by atoms with Crippen LogP contribution >= 0.6 is 11.8 Å². The Morgan fingerprint density at radius 3 is 2.45 bits per heavy atom. The summed E-state index contributed by atoms with van der Waals surface area (Å²) in [7, 11) is 0. The van der Waals surface area contributed by atoms with E-state index in [1.807, 2.05) is 34.9 Å². The molecule has 1 fully saturated rings. The Kier molecular flexibility index (Phi) is 5.31. The Balaban J connectivity index is 1.50. The van der Waals surface area contributed by atoms with E-state index >= 15 is 0 Å². The van der Waals surface area contributed by atoms with Crippen molar-refractivity contribution in [1.29, 1.82) is 0 Å². The van der Waals surface area contributed by atoms with Crippen molar-refractivity contribution >= 4 is 23.4 Å². The molecule has 0 unspecified atom stereocenters. The summed E-state index contributed by atoms with van der Waals surface area (Å²) in [6.45, 7) is 0. The number of amides is 1. The number of hydrogen-bond acceptors (Lipinski definition) is 4. The van der Waals surface area contributed by atoms with E-state index in [4.69, 9.17) is 0 Å². The average molecular weight is 418 g/mol. The van der Waals surface area contributed by atoms with Crippen LogP contribution in [0.5, 0.6) is 0 Å². The summed E-state index contributed by atoms with van der Waals surface area (Å²) in [5, 5.41) is 11.4. The van der Waals surface area contributed by atoms with Crippen molar-refractivity contribution in [3.05, 3.63) is 66.0 Å². The third-order valence-corrected chi connectivity index (χ3v) is 5.38. The Bertz CT molecular complexity index is 1020. The molecular formula is C20H17F3N4OS. The van der Waals surface area contributed by atoms with Gasteiger partial charge in [-0.2, -0.15) is 13.2 Å². The van der Waals surface area contributed by atoms with Crippen LogP contribution < -0.4 is 5.32 Å². The Hall–Kier alpha value is -2.81. The van der Waals surface area contributed by atoms with Crippen LogP contribution in [-0.2, 0) is 11.0 Å². The SMILES string of the molecule is O=C(CSc1nnc(C2CC2)n1-c1ccccc1)Nc1ccccc1C(F)(F)F. The lowest BCUT2D eigenvalue weighted by molar-refractivity contribution is -0.137. The lowest BCUT2D eigenvalue weighted by Gasteiger charge is -2.13. The van der Waals surface area contributed by atoms with Crippen LogP contribution in [0.3, 0.4) is 0 Å². The average Bonchev–Trinajstić information content (AvgIpc) is 3.46. The number of thioether (sulfide) groups is 1. The van der Waals surface area contributed by atoms with Gasteiger partial charge >= 0.3 is 6.18 Å². The fourth-order valence-electron chi connectivity index (χ4n) is 2.96. The van der Waals surface area contributed by atoms with E-state index in [0.29, 0.717) is 11.1 Å². The fourth-order valence-corrected chi connectivity index (χ4v) is 3.72. The van der Waals surface area contributed by atoms with Gasteiger partial charge in [-0.3, -0.25) is 9.36 Å². The summed E-state index contributed by atoms with van der Waals surface area (Å²) in [6, 6.07) is 14.5. The molecule has 0 bridgehead atoms. The van der Waals surface area contributed by atoms with Gasteiger partial charge in [0.1, 0.15) is 5.82 Å². The minimum atomic E-state index is -4.54. The molecule has 1 amide bonds. The largest absolute Gasteiger partial charge is 0.418 e. The number of hydrogen-bond donors (Lipinski definition) is 1. The Labute approximate surface area is 169 Å². The first kappa shape index (κ1) is 19.5. The lowest BCUT2D eigenvalue weighted by atomic mass is 10.1. The molecule has 29 heavy (non-hydrogen) atoms. The summed E-state index contributed by atoms with van der Waals surface area (Å²) in [4.78, 5) is 12.3. The van der Waals surface area contributed by atoms with Crippen molar-refractivity contribution < 1.29 is 18.0 Å². The first-order valence-corrected chi connectivity index (χ1v) is 10.0. The van der Waals surface area contributed by atoms with Gasteiger partial charge in [-0.05, 0) is 37.1 Å². The van der Waals surface area contributed by atoms with Gasteiger partial charge in [-0.25, -0.2) is 0 Å². The standard InChI is InChI=1S/C20H17F3N4OS/c21-20(22,23)15-8-4-5-9-16(15)24-17(28)12-29-19-26-25-18(13-10-11-13)27(19)14-6-2-1-3-7-14/h1-9,13H,10-12H2,(H,24,28). The number of nitrogens with one attached hydrogen (secondary N) is 1. The molecule has 0 spiro atoms. The van der Waals surface area contributed by atoms with Crippen LogP contribution in [-0.4, -0.2) is 26.4 Å². The summed E-state index contributed by atoms with van der Waals surface area (Å²) in [5.74, 6) is 0.579. The molecule has 0 atom stereocenters. The third-order valence-electron chi connectivity index (χ3n) is 4.45. The zero-order valence-corrected chi connectivity index (χ0v) is 16.0. The maximum atomic E-state index is 13.1. The van der Waals surface area contributed by atoms with Gasteiger partial charge in [0, 0.05) is 11.6 Å². The minimum absolute atomic E-state index is 0.0815. The second-order valence-electron chi connectivity index (χ2n) is 6.67. The van der Waals surface area contributed by atoms with E-state index in [9.17, 15) is 18.0 Å². The van der Waals surface area contributed by atoms with E-state index in [-0.39, 0.29) is 11.4 Å². The van der Waals surface area contributed by atoms with E-state index in [1.54, 1.807) is 0 Å². The molecule has 3 aromatic rings. The van der Waals surface area contributed by atoms with E-state index < -0.39 is 17.6 Å². The van der Waals surface area contributed by atoms with Gasteiger partial charge in [0.15, 0.2) is 5.16 Å². The number of benzene rings is 2. The first-order chi connectivity index (χ1) is 13.9. The second kappa shape index (κ2) is 7.90. The van der Waals surface area contributed by atoms with E-state index in [2.05, 4.69) is 15.5 Å². The molecule has 5 nitrogen and oxygen atoms in total. The molecule has 9 heteroatoms. The predicted molar refractivity (Wildman–Crippen MR) is 104 cm³/mol. The molecule has 1 aliphatic rings. The number of carbonyl (C=O) groups excluding carboxylic acids is 1. The topological polar surface area (TPSA) is 59.8 Å². The van der Waals surface area contributed by atoms with Crippen LogP contribution in [0.25, 0.3) is 5.69 Å².